The van der Waals surface area contributed by atoms with E-state index in [1.807, 2.05) is 32.0 Å². The maximum absolute atomic E-state index is 13.6. The highest BCUT2D eigenvalue weighted by Crippen LogP contribution is 2.49. The van der Waals surface area contributed by atoms with E-state index in [4.69, 9.17) is 12.2 Å². The lowest BCUT2D eigenvalue weighted by Crippen LogP contribution is -2.70. The lowest BCUT2D eigenvalue weighted by Gasteiger charge is -2.50. The molecular weight excluding hydrogens is 494 g/mol. The third kappa shape index (κ3) is 3.51. The number of amides is 6. The number of anilines is 1. The predicted molar refractivity (Wildman–Crippen MR) is 139 cm³/mol. The molecule has 11 heteroatoms. The summed E-state index contributed by atoms with van der Waals surface area (Å²) in [6.45, 7) is 4.48. The van der Waals surface area contributed by atoms with Gasteiger partial charge in [0.25, 0.3) is 11.8 Å². The molecule has 1 N–H and O–H groups in total. The van der Waals surface area contributed by atoms with Gasteiger partial charge in [0.1, 0.15) is 5.57 Å². The van der Waals surface area contributed by atoms with E-state index in [2.05, 4.69) is 10.2 Å². The highest BCUT2D eigenvalue weighted by atomic mass is 32.1. The largest absolute Gasteiger partial charge is 0.367 e. The molecule has 0 saturated carbocycles. The van der Waals surface area contributed by atoms with Crippen LogP contribution in [-0.4, -0.2) is 82.2 Å². The molecule has 1 aromatic carbocycles. The molecule has 194 valence electrons. The van der Waals surface area contributed by atoms with Gasteiger partial charge in [0.2, 0.25) is 11.8 Å². The fourth-order valence-electron chi connectivity index (χ4n) is 6.05. The minimum absolute atomic E-state index is 0.0340. The molecular formula is C26H29N5O5S. The molecule has 1 aromatic rings. The van der Waals surface area contributed by atoms with Crippen molar-refractivity contribution < 1.29 is 24.0 Å². The first-order valence-electron chi connectivity index (χ1n) is 12.4. The molecule has 3 saturated heterocycles. The lowest BCUT2D eigenvalue weighted by molar-refractivity contribution is -0.159. The average molecular weight is 524 g/mol. The van der Waals surface area contributed by atoms with Crippen LogP contribution in [-0.2, 0) is 25.6 Å². The molecule has 0 aromatic heterocycles. The number of imide groups is 2. The van der Waals surface area contributed by atoms with Gasteiger partial charge in [0.15, 0.2) is 10.5 Å². The highest BCUT2D eigenvalue weighted by molar-refractivity contribution is 7.80. The number of barbiturate groups is 1. The third-order valence-electron chi connectivity index (χ3n) is 8.13. The number of urea groups is 1. The quantitative estimate of drug-likeness (QED) is 0.278. The number of nitrogens with zero attached hydrogens (tertiary/aromatic N) is 4. The van der Waals surface area contributed by atoms with Gasteiger partial charge in [-0.25, -0.2) is 4.79 Å². The van der Waals surface area contributed by atoms with Gasteiger partial charge in [-0.1, -0.05) is 13.0 Å². The van der Waals surface area contributed by atoms with E-state index in [-0.39, 0.29) is 29.2 Å². The fourth-order valence-corrected chi connectivity index (χ4v) is 6.40. The number of carbonyl (C=O) groups excluding carboxylic acids is 5. The molecule has 10 nitrogen and oxygen atoms in total. The fraction of sp³-hybridized carbons (Fsp3) is 0.462. The van der Waals surface area contributed by atoms with Gasteiger partial charge < -0.3 is 4.90 Å². The van der Waals surface area contributed by atoms with Crippen LogP contribution in [0.5, 0.6) is 0 Å². The summed E-state index contributed by atoms with van der Waals surface area (Å²) in [6, 6.07) is 4.38. The Morgan fingerprint density at radius 1 is 1.14 bits per heavy atom. The van der Waals surface area contributed by atoms with E-state index in [1.54, 1.807) is 0 Å². The van der Waals surface area contributed by atoms with Crippen molar-refractivity contribution in [3.63, 3.8) is 0 Å². The summed E-state index contributed by atoms with van der Waals surface area (Å²) in [7, 11) is 2.82. The Morgan fingerprint density at radius 3 is 2.46 bits per heavy atom. The zero-order chi connectivity index (χ0) is 26.8. The van der Waals surface area contributed by atoms with E-state index >= 15 is 0 Å². The van der Waals surface area contributed by atoms with Crippen molar-refractivity contribution in [2.45, 2.75) is 51.6 Å². The molecule has 5 rings (SSSR count). The number of rotatable bonds is 3. The van der Waals surface area contributed by atoms with Crippen LogP contribution < -0.4 is 10.2 Å². The standard InChI is InChI=1S/C26H29N5O5S/c1-5-14(2)31-21(33)17(20(32)27-24(31)37)12-15-8-9-18-16(11-15)13-26(19-7-6-10-30(18)19)22(34)28(3)25(36)29(4)23(26)35/h8-9,11-12,14,19H,5-7,10,13H2,1-4H3,(H,27,32,37)/b17-12+/t14-,19+/m0/s1. The summed E-state index contributed by atoms with van der Waals surface area (Å²) < 4.78 is 0. The maximum Gasteiger partial charge on any atom is 0.332 e. The molecule has 1 spiro atoms. The average Bonchev–Trinajstić information content (AvgIpc) is 3.38. The number of thiocarbonyl (C=S) groups is 1. The Kier molecular flexibility index (Phi) is 5.93. The second kappa shape index (κ2) is 8.76. The summed E-state index contributed by atoms with van der Waals surface area (Å²) in [6.07, 6.45) is 3.80. The van der Waals surface area contributed by atoms with Gasteiger partial charge in [-0.3, -0.25) is 39.2 Å². The highest BCUT2D eigenvalue weighted by Gasteiger charge is 2.63. The number of nitrogens with one attached hydrogen (secondary N) is 1. The summed E-state index contributed by atoms with van der Waals surface area (Å²) in [5.41, 5.74) is 0.816. The Hall–Kier alpha value is -3.60. The van der Waals surface area contributed by atoms with Crippen molar-refractivity contribution in [3.05, 3.63) is 34.9 Å². The predicted octanol–water partition coefficient (Wildman–Crippen LogP) is 1.67. The van der Waals surface area contributed by atoms with Crippen molar-refractivity contribution in [2.24, 2.45) is 5.41 Å². The van der Waals surface area contributed by atoms with Gasteiger partial charge in [0.05, 0.1) is 6.04 Å². The summed E-state index contributed by atoms with van der Waals surface area (Å²) in [5.74, 6) is -2.02. The summed E-state index contributed by atoms with van der Waals surface area (Å²) >= 11 is 5.23. The van der Waals surface area contributed by atoms with Gasteiger partial charge in [-0.2, -0.15) is 0 Å². The minimum Gasteiger partial charge on any atom is -0.367 e. The SMILES string of the molecule is CC[C@H](C)N1C(=O)/C(=C/c2ccc3c(c2)CC2(C(=O)N(C)C(=O)N(C)C2=O)[C@H]2CCCN32)C(=O)NC1=S. The zero-order valence-corrected chi connectivity index (χ0v) is 22.1. The number of benzene rings is 1. The van der Waals surface area contributed by atoms with Crippen LogP contribution in [0.4, 0.5) is 10.5 Å². The normalized spacial score (nSPS) is 25.2. The van der Waals surface area contributed by atoms with Crippen molar-refractivity contribution in [1.29, 1.82) is 0 Å². The lowest BCUT2D eigenvalue weighted by atomic mass is 9.68. The molecule has 0 aliphatic carbocycles. The Labute approximate surface area is 220 Å². The van der Waals surface area contributed by atoms with Crippen LogP contribution in [0.3, 0.4) is 0 Å². The first kappa shape index (κ1) is 25.1. The van der Waals surface area contributed by atoms with E-state index < -0.39 is 35.1 Å². The molecule has 3 fully saturated rings. The summed E-state index contributed by atoms with van der Waals surface area (Å²) in [5, 5.41) is 2.69. The Morgan fingerprint density at radius 2 is 1.81 bits per heavy atom. The molecule has 37 heavy (non-hydrogen) atoms. The summed E-state index contributed by atoms with van der Waals surface area (Å²) in [4.78, 5) is 71.1. The van der Waals surface area contributed by atoms with Crippen LogP contribution in [0.2, 0.25) is 0 Å². The number of hydrogen-bond donors (Lipinski definition) is 1. The van der Waals surface area contributed by atoms with Crippen LogP contribution in [0.25, 0.3) is 6.08 Å². The van der Waals surface area contributed by atoms with E-state index in [1.165, 1.54) is 25.1 Å². The van der Waals surface area contributed by atoms with Crippen molar-refractivity contribution in [1.82, 2.24) is 20.0 Å². The van der Waals surface area contributed by atoms with Gasteiger partial charge in [0, 0.05) is 32.4 Å². The Balaban J connectivity index is 1.57. The van der Waals surface area contributed by atoms with Crippen LogP contribution in [0.15, 0.2) is 23.8 Å². The van der Waals surface area contributed by atoms with Crippen molar-refractivity contribution >= 4 is 58.8 Å². The first-order valence-corrected chi connectivity index (χ1v) is 12.8. The zero-order valence-electron chi connectivity index (χ0n) is 21.2. The Bertz CT molecular complexity index is 1280. The molecule has 0 radical (unpaired) electrons. The smallest absolute Gasteiger partial charge is 0.332 e. The third-order valence-corrected chi connectivity index (χ3v) is 8.42. The molecule has 2 atom stereocenters. The monoisotopic (exact) mass is 523 g/mol. The van der Waals surface area contributed by atoms with Crippen molar-refractivity contribution in [2.75, 3.05) is 25.5 Å². The number of carbonyl (C=O) groups is 5. The van der Waals surface area contributed by atoms with Crippen LogP contribution >= 0.6 is 12.2 Å². The van der Waals surface area contributed by atoms with Gasteiger partial charge in [-0.05, 0) is 74.2 Å². The molecule has 4 heterocycles. The van der Waals surface area contributed by atoms with E-state index in [0.717, 1.165) is 27.5 Å². The number of fused-ring (bicyclic) bond motifs is 4. The van der Waals surface area contributed by atoms with E-state index in [9.17, 15) is 24.0 Å². The minimum atomic E-state index is -1.41. The second-order valence-corrected chi connectivity index (χ2v) is 10.5. The first-order chi connectivity index (χ1) is 17.5. The van der Waals surface area contributed by atoms with Crippen molar-refractivity contribution in [3.8, 4) is 0 Å². The van der Waals surface area contributed by atoms with Crippen LogP contribution in [0, 0.1) is 5.41 Å². The molecule has 0 unspecified atom stereocenters. The maximum atomic E-state index is 13.6. The molecule has 6 amide bonds. The second-order valence-electron chi connectivity index (χ2n) is 10.1. The number of hydrogen-bond acceptors (Lipinski definition) is 7. The molecule has 0 bridgehead atoms. The molecule has 4 aliphatic rings. The van der Waals surface area contributed by atoms with Gasteiger partial charge >= 0.3 is 6.03 Å². The van der Waals surface area contributed by atoms with E-state index in [0.29, 0.717) is 24.9 Å². The molecule has 4 aliphatic heterocycles. The van der Waals surface area contributed by atoms with Crippen LogP contribution in [0.1, 0.15) is 44.2 Å². The topological polar surface area (TPSA) is 110 Å². The van der Waals surface area contributed by atoms with Gasteiger partial charge in [-0.15, -0.1) is 0 Å².